The first-order valence-electron chi connectivity index (χ1n) is 5.88. The van der Waals surface area contributed by atoms with Gasteiger partial charge in [-0.05, 0) is 45.7 Å². The van der Waals surface area contributed by atoms with Crippen LogP contribution in [0.1, 0.15) is 30.3 Å². The lowest BCUT2D eigenvalue weighted by Gasteiger charge is -2.12. The topological polar surface area (TPSA) is 49.9 Å². The number of aryl methyl sites for hydroxylation is 2. The minimum atomic E-state index is 0.427. The van der Waals surface area contributed by atoms with Crippen LogP contribution in [0.5, 0.6) is 0 Å². The molecular formula is C12H23N3O. The lowest BCUT2D eigenvalue weighted by molar-refractivity contribution is 0.172. The molecule has 1 rings (SSSR count). The molecule has 1 atom stereocenters. The Bertz CT molecular complexity index is 290. The summed E-state index contributed by atoms with van der Waals surface area (Å²) in [6, 6.07) is 0.427. The van der Waals surface area contributed by atoms with Gasteiger partial charge in [-0.3, -0.25) is 5.10 Å². The molecule has 1 aromatic rings. The van der Waals surface area contributed by atoms with Crippen molar-refractivity contribution in [3.8, 4) is 0 Å². The lowest BCUT2D eigenvalue weighted by Crippen LogP contribution is -2.31. The van der Waals surface area contributed by atoms with Gasteiger partial charge in [0.25, 0.3) is 0 Å². The van der Waals surface area contributed by atoms with Crippen molar-refractivity contribution >= 4 is 0 Å². The predicted octanol–water partition coefficient (Wildman–Crippen LogP) is 1.58. The Morgan fingerprint density at radius 1 is 1.44 bits per heavy atom. The van der Waals surface area contributed by atoms with Crippen molar-refractivity contribution in [3.63, 3.8) is 0 Å². The van der Waals surface area contributed by atoms with Crippen molar-refractivity contribution in [1.29, 1.82) is 0 Å². The van der Waals surface area contributed by atoms with E-state index in [2.05, 4.69) is 36.3 Å². The van der Waals surface area contributed by atoms with Crippen LogP contribution >= 0.6 is 0 Å². The third-order valence-corrected chi connectivity index (χ3v) is 2.79. The van der Waals surface area contributed by atoms with Gasteiger partial charge in [0.2, 0.25) is 0 Å². The molecule has 92 valence electrons. The van der Waals surface area contributed by atoms with Crippen molar-refractivity contribution < 1.29 is 4.74 Å². The van der Waals surface area contributed by atoms with Crippen LogP contribution in [-0.4, -0.2) is 36.5 Å². The summed E-state index contributed by atoms with van der Waals surface area (Å²) in [6.45, 7) is 8.06. The van der Waals surface area contributed by atoms with Gasteiger partial charge in [0.15, 0.2) is 0 Å². The highest BCUT2D eigenvalue weighted by molar-refractivity contribution is 5.23. The van der Waals surface area contributed by atoms with Crippen molar-refractivity contribution in [2.45, 2.75) is 39.7 Å². The van der Waals surface area contributed by atoms with Gasteiger partial charge >= 0.3 is 0 Å². The molecule has 0 amide bonds. The quantitative estimate of drug-likeness (QED) is 0.693. The number of rotatable bonds is 7. The molecule has 4 heteroatoms. The Balaban J connectivity index is 2.21. The number of nitrogens with one attached hydrogen (secondary N) is 2. The fraction of sp³-hybridized carbons (Fsp3) is 0.750. The molecule has 4 nitrogen and oxygen atoms in total. The highest BCUT2D eigenvalue weighted by Crippen LogP contribution is 2.11. The summed E-state index contributed by atoms with van der Waals surface area (Å²) in [7, 11) is 1.73. The summed E-state index contributed by atoms with van der Waals surface area (Å²) in [5.74, 6) is 0. The maximum Gasteiger partial charge on any atom is 0.0625 e. The molecule has 0 spiro atoms. The second-order valence-corrected chi connectivity index (χ2v) is 4.33. The number of aromatic nitrogens is 2. The van der Waals surface area contributed by atoms with E-state index in [1.165, 1.54) is 11.3 Å². The zero-order valence-electron chi connectivity index (χ0n) is 10.8. The summed E-state index contributed by atoms with van der Waals surface area (Å²) in [6.07, 6.45) is 2.22. The fourth-order valence-corrected chi connectivity index (χ4v) is 1.86. The minimum absolute atomic E-state index is 0.427. The zero-order valence-corrected chi connectivity index (χ0v) is 10.8. The Morgan fingerprint density at radius 3 is 2.75 bits per heavy atom. The van der Waals surface area contributed by atoms with Crippen LogP contribution in [-0.2, 0) is 11.2 Å². The monoisotopic (exact) mass is 225 g/mol. The number of H-pyrrole nitrogens is 1. The molecule has 1 heterocycles. The molecule has 0 unspecified atom stereocenters. The number of aromatic amines is 1. The fourth-order valence-electron chi connectivity index (χ4n) is 1.86. The highest BCUT2D eigenvalue weighted by Gasteiger charge is 2.06. The van der Waals surface area contributed by atoms with E-state index in [-0.39, 0.29) is 0 Å². The van der Waals surface area contributed by atoms with E-state index in [1.807, 2.05) is 0 Å². The SMILES string of the molecule is COC[C@H](C)NCCCc1c(C)n[nH]c1C. The first kappa shape index (κ1) is 13.2. The molecule has 2 N–H and O–H groups in total. The number of hydrogen-bond donors (Lipinski definition) is 2. The van der Waals surface area contributed by atoms with E-state index in [9.17, 15) is 0 Å². The van der Waals surface area contributed by atoms with Gasteiger partial charge < -0.3 is 10.1 Å². The molecule has 0 saturated carbocycles. The maximum atomic E-state index is 5.07. The maximum absolute atomic E-state index is 5.07. The summed E-state index contributed by atoms with van der Waals surface area (Å²) in [5, 5.41) is 10.6. The van der Waals surface area contributed by atoms with Gasteiger partial charge in [-0.2, -0.15) is 5.10 Å². The Hall–Kier alpha value is -0.870. The van der Waals surface area contributed by atoms with Crippen LogP contribution in [0.15, 0.2) is 0 Å². The van der Waals surface area contributed by atoms with E-state index < -0.39 is 0 Å². The second-order valence-electron chi connectivity index (χ2n) is 4.33. The molecule has 0 aliphatic carbocycles. The van der Waals surface area contributed by atoms with Crippen LogP contribution in [0.2, 0.25) is 0 Å². The number of hydrogen-bond acceptors (Lipinski definition) is 3. The van der Waals surface area contributed by atoms with Crippen molar-refractivity contribution in [3.05, 3.63) is 17.0 Å². The predicted molar refractivity (Wildman–Crippen MR) is 65.7 cm³/mol. The van der Waals surface area contributed by atoms with Gasteiger partial charge in [-0.1, -0.05) is 0 Å². The molecular weight excluding hydrogens is 202 g/mol. The lowest BCUT2D eigenvalue weighted by atomic mass is 10.1. The Kier molecular flexibility index (Phi) is 5.49. The number of nitrogens with zero attached hydrogens (tertiary/aromatic N) is 1. The molecule has 0 aliphatic heterocycles. The molecule has 0 bridgehead atoms. The van der Waals surface area contributed by atoms with Crippen LogP contribution in [0.3, 0.4) is 0 Å². The summed E-state index contributed by atoms with van der Waals surface area (Å²) in [4.78, 5) is 0. The molecule has 0 aromatic carbocycles. The van der Waals surface area contributed by atoms with Crippen LogP contribution in [0.25, 0.3) is 0 Å². The van der Waals surface area contributed by atoms with E-state index in [0.717, 1.165) is 31.7 Å². The third-order valence-electron chi connectivity index (χ3n) is 2.79. The molecule has 0 aliphatic rings. The zero-order chi connectivity index (χ0) is 12.0. The first-order chi connectivity index (χ1) is 7.65. The standard InChI is InChI=1S/C12H23N3O/c1-9(8-16-4)13-7-5-6-12-10(2)14-15-11(12)3/h9,13H,5-8H2,1-4H3,(H,14,15)/t9-/m0/s1. The van der Waals surface area contributed by atoms with Gasteiger partial charge in [-0.15, -0.1) is 0 Å². The van der Waals surface area contributed by atoms with Crippen LogP contribution < -0.4 is 5.32 Å². The van der Waals surface area contributed by atoms with Gasteiger partial charge in [0.1, 0.15) is 0 Å². The second kappa shape index (κ2) is 6.66. The smallest absolute Gasteiger partial charge is 0.0625 e. The van der Waals surface area contributed by atoms with Crippen LogP contribution in [0, 0.1) is 13.8 Å². The molecule has 0 saturated heterocycles. The average molecular weight is 225 g/mol. The Morgan fingerprint density at radius 2 is 2.19 bits per heavy atom. The Labute approximate surface area is 97.8 Å². The number of methoxy groups -OCH3 is 1. The van der Waals surface area contributed by atoms with Crippen molar-refractivity contribution in [2.75, 3.05) is 20.3 Å². The van der Waals surface area contributed by atoms with Gasteiger partial charge in [0, 0.05) is 18.8 Å². The van der Waals surface area contributed by atoms with Crippen LogP contribution in [0.4, 0.5) is 0 Å². The average Bonchev–Trinajstić information content (AvgIpc) is 2.55. The molecule has 0 fully saturated rings. The van der Waals surface area contributed by atoms with Gasteiger partial charge in [0.05, 0.1) is 12.3 Å². The summed E-state index contributed by atoms with van der Waals surface area (Å²) >= 11 is 0. The van der Waals surface area contributed by atoms with Crippen molar-refractivity contribution in [2.24, 2.45) is 0 Å². The number of ether oxygens (including phenoxy) is 1. The molecule has 16 heavy (non-hydrogen) atoms. The van der Waals surface area contributed by atoms with E-state index >= 15 is 0 Å². The van der Waals surface area contributed by atoms with E-state index in [1.54, 1.807) is 7.11 Å². The van der Waals surface area contributed by atoms with E-state index in [4.69, 9.17) is 4.74 Å². The summed E-state index contributed by atoms with van der Waals surface area (Å²) in [5.41, 5.74) is 3.69. The van der Waals surface area contributed by atoms with Crippen molar-refractivity contribution in [1.82, 2.24) is 15.5 Å². The third kappa shape index (κ3) is 3.94. The molecule has 1 aromatic heterocycles. The van der Waals surface area contributed by atoms with Gasteiger partial charge in [-0.25, -0.2) is 0 Å². The highest BCUT2D eigenvalue weighted by atomic mass is 16.5. The molecule has 0 radical (unpaired) electrons. The van der Waals surface area contributed by atoms with E-state index in [0.29, 0.717) is 6.04 Å². The largest absolute Gasteiger partial charge is 0.383 e. The minimum Gasteiger partial charge on any atom is -0.383 e. The normalized spacial score (nSPS) is 13.0. The first-order valence-corrected chi connectivity index (χ1v) is 5.88. The summed E-state index contributed by atoms with van der Waals surface area (Å²) < 4.78 is 5.07.